The summed E-state index contributed by atoms with van der Waals surface area (Å²) in [6.45, 7) is 6.87. The van der Waals surface area contributed by atoms with Gasteiger partial charge < -0.3 is 9.64 Å². The highest BCUT2D eigenvalue weighted by Gasteiger charge is 2.12. The molecule has 0 saturated carbocycles. The molecule has 0 aromatic carbocycles. The fourth-order valence-corrected chi connectivity index (χ4v) is 1.64. The van der Waals surface area contributed by atoms with Crippen molar-refractivity contribution >= 4 is 0 Å². The van der Waals surface area contributed by atoms with Gasteiger partial charge in [0.1, 0.15) is 0 Å². The number of rotatable bonds is 2. The van der Waals surface area contributed by atoms with Crippen LogP contribution in [0, 0.1) is 0 Å². The maximum absolute atomic E-state index is 5.30. The summed E-state index contributed by atoms with van der Waals surface area (Å²) in [5, 5.41) is 3.31. The van der Waals surface area contributed by atoms with E-state index < -0.39 is 0 Å². The third kappa shape index (κ3) is 2.69. The number of hydrogen-bond acceptors (Lipinski definition) is 4. The van der Waals surface area contributed by atoms with Crippen LogP contribution in [0.5, 0.6) is 0 Å². The van der Waals surface area contributed by atoms with Crippen LogP contribution in [0.2, 0.25) is 0 Å². The van der Waals surface area contributed by atoms with Crippen molar-refractivity contribution in [1.29, 1.82) is 0 Å². The fraction of sp³-hybridized carbons (Fsp3) is 0.778. The van der Waals surface area contributed by atoms with Crippen molar-refractivity contribution in [3.63, 3.8) is 0 Å². The predicted octanol–water partition coefficient (Wildman–Crippen LogP) is -0.347. The fourth-order valence-electron chi connectivity index (χ4n) is 1.64. The van der Waals surface area contributed by atoms with E-state index in [1.165, 1.54) is 0 Å². The van der Waals surface area contributed by atoms with Crippen LogP contribution < -0.4 is 5.32 Å². The van der Waals surface area contributed by atoms with Gasteiger partial charge in [0, 0.05) is 19.6 Å². The average Bonchev–Trinajstić information content (AvgIpc) is 2.21. The molecule has 74 valence electrons. The zero-order chi connectivity index (χ0) is 8.93. The van der Waals surface area contributed by atoms with Crippen LogP contribution in [0.15, 0.2) is 12.3 Å². The lowest BCUT2D eigenvalue weighted by atomic mass is 10.4. The lowest BCUT2D eigenvalue weighted by molar-refractivity contribution is 0.0167. The molecule has 0 aliphatic carbocycles. The number of morpholine rings is 1. The van der Waals surface area contributed by atoms with Crippen LogP contribution in [-0.4, -0.2) is 56.0 Å². The van der Waals surface area contributed by atoms with E-state index in [2.05, 4.69) is 27.4 Å². The standard InChI is InChI=1S/C9H17N3O/c1-2-10-8-12(3-1)9-11-4-6-13-7-5-11/h1,3,10H,2,4-9H2. The minimum atomic E-state index is 0.880. The summed E-state index contributed by atoms with van der Waals surface area (Å²) >= 11 is 0. The minimum absolute atomic E-state index is 0.880. The van der Waals surface area contributed by atoms with Gasteiger partial charge in [0.25, 0.3) is 0 Å². The Balaban J connectivity index is 1.75. The molecule has 0 spiro atoms. The van der Waals surface area contributed by atoms with Crippen molar-refractivity contribution < 1.29 is 4.74 Å². The topological polar surface area (TPSA) is 27.7 Å². The van der Waals surface area contributed by atoms with Crippen molar-refractivity contribution in [2.75, 3.05) is 46.2 Å². The molecule has 4 heteroatoms. The first-order valence-corrected chi connectivity index (χ1v) is 4.87. The van der Waals surface area contributed by atoms with Gasteiger partial charge in [-0.1, -0.05) is 6.08 Å². The Morgan fingerprint density at radius 2 is 2.15 bits per heavy atom. The molecule has 0 atom stereocenters. The van der Waals surface area contributed by atoms with Crippen LogP contribution in [0.3, 0.4) is 0 Å². The van der Waals surface area contributed by atoms with Crippen LogP contribution in [0.25, 0.3) is 0 Å². The highest BCUT2D eigenvalue weighted by molar-refractivity contribution is 4.88. The first kappa shape index (κ1) is 8.99. The molecular weight excluding hydrogens is 166 g/mol. The minimum Gasteiger partial charge on any atom is -0.379 e. The Morgan fingerprint density at radius 1 is 1.31 bits per heavy atom. The highest BCUT2D eigenvalue weighted by Crippen LogP contribution is 2.00. The van der Waals surface area contributed by atoms with E-state index in [9.17, 15) is 0 Å². The van der Waals surface area contributed by atoms with Crippen LogP contribution in [-0.2, 0) is 4.74 Å². The quantitative estimate of drug-likeness (QED) is 0.633. The van der Waals surface area contributed by atoms with E-state index in [0.29, 0.717) is 0 Å². The van der Waals surface area contributed by atoms with Crippen LogP contribution >= 0.6 is 0 Å². The first-order chi connectivity index (χ1) is 6.45. The first-order valence-electron chi connectivity index (χ1n) is 4.87. The van der Waals surface area contributed by atoms with E-state index in [1.807, 2.05) is 0 Å². The van der Waals surface area contributed by atoms with Gasteiger partial charge in [-0.25, -0.2) is 0 Å². The zero-order valence-corrected chi connectivity index (χ0v) is 7.91. The Morgan fingerprint density at radius 3 is 2.85 bits per heavy atom. The lowest BCUT2D eigenvalue weighted by Crippen LogP contribution is -2.45. The maximum atomic E-state index is 5.30. The molecule has 0 amide bonds. The number of hydrogen-bond donors (Lipinski definition) is 1. The van der Waals surface area contributed by atoms with E-state index >= 15 is 0 Å². The molecule has 2 aliphatic heterocycles. The number of nitrogens with zero attached hydrogens (tertiary/aromatic N) is 2. The summed E-state index contributed by atoms with van der Waals surface area (Å²) in [5.74, 6) is 0. The molecule has 1 N–H and O–H groups in total. The normalized spacial score (nSPS) is 25.1. The lowest BCUT2D eigenvalue weighted by Gasteiger charge is -2.33. The second-order valence-corrected chi connectivity index (χ2v) is 3.46. The molecule has 2 aliphatic rings. The summed E-state index contributed by atoms with van der Waals surface area (Å²) < 4.78 is 5.30. The monoisotopic (exact) mass is 183 g/mol. The van der Waals surface area contributed by atoms with Crippen LogP contribution in [0.1, 0.15) is 0 Å². The molecule has 0 bridgehead atoms. The number of nitrogens with one attached hydrogen (secondary N) is 1. The average molecular weight is 183 g/mol. The third-order valence-electron chi connectivity index (χ3n) is 2.38. The largest absolute Gasteiger partial charge is 0.379 e. The Kier molecular flexibility index (Phi) is 3.18. The summed E-state index contributed by atoms with van der Waals surface area (Å²) in [7, 11) is 0. The molecule has 2 rings (SSSR count). The number of ether oxygens (including phenoxy) is 1. The Bertz CT molecular complexity index is 178. The van der Waals surface area contributed by atoms with Gasteiger partial charge in [-0.2, -0.15) is 0 Å². The van der Waals surface area contributed by atoms with Crippen molar-refractivity contribution in [2.24, 2.45) is 0 Å². The summed E-state index contributed by atoms with van der Waals surface area (Å²) in [5.41, 5.74) is 0. The maximum Gasteiger partial charge on any atom is 0.0715 e. The van der Waals surface area contributed by atoms with Gasteiger partial charge in [0.05, 0.1) is 26.6 Å². The molecule has 1 fully saturated rings. The van der Waals surface area contributed by atoms with Gasteiger partial charge in [-0.05, 0) is 6.20 Å². The third-order valence-corrected chi connectivity index (χ3v) is 2.38. The van der Waals surface area contributed by atoms with Gasteiger partial charge in [-0.15, -0.1) is 0 Å². The van der Waals surface area contributed by atoms with Crippen molar-refractivity contribution in [3.05, 3.63) is 12.3 Å². The molecule has 0 unspecified atom stereocenters. The highest BCUT2D eigenvalue weighted by atomic mass is 16.5. The van der Waals surface area contributed by atoms with Crippen molar-refractivity contribution in [2.45, 2.75) is 0 Å². The van der Waals surface area contributed by atoms with Crippen molar-refractivity contribution in [3.8, 4) is 0 Å². The molecular formula is C9H17N3O. The van der Waals surface area contributed by atoms with Crippen molar-refractivity contribution in [1.82, 2.24) is 15.1 Å². The van der Waals surface area contributed by atoms with Gasteiger partial charge in [0.15, 0.2) is 0 Å². The molecule has 1 saturated heterocycles. The predicted molar refractivity (Wildman–Crippen MR) is 51.1 cm³/mol. The van der Waals surface area contributed by atoms with Gasteiger partial charge >= 0.3 is 0 Å². The molecule has 13 heavy (non-hydrogen) atoms. The van der Waals surface area contributed by atoms with E-state index in [0.717, 1.165) is 46.2 Å². The molecule has 0 aromatic heterocycles. The Labute approximate surface area is 79.1 Å². The van der Waals surface area contributed by atoms with Gasteiger partial charge in [0.2, 0.25) is 0 Å². The molecule has 4 nitrogen and oxygen atoms in total. The van der Waals surface area contributed by atoms with E-state index in [-0.39, 0.29) is 0 Å². The molecule has 0 aromatic rings. The van der Waals surface area contributed by atoms with Crippen LogP contribution in [0.4, 0.5) is 0 Å². The molecule has 2 heterocycles. The second-order valence-electron chi connectivity index (χ2n) is 3.46. The zero-order valence-electron chi connectivity index (χ0n) is 7.91. The SMILES string of the molecule is C1=CN(CN2CCOCC2)CNC1. The summed E-state index contributed by atoms with van der Waals surface area (Å²) in [6.07, 6.45) is 4.33. The summed E-state index contributed by atoms with van der Waals surface area (Å²) in [6, 6.07) is 0. The summed E-state index contributed by atoms with van der Waals surface area (Å²) in [4.78, 5) is 4.70. The smallest absolute Gasteiger partial charge is 0.0715 e. The van der Waals surface area contributed by atoms with E-state index in [4.69, 9.17) is 4.74 Å². The second kappa shape index (κ2) is 4.60. The van der Waals surface area contributed by atoms with E-state index in [1.54, 1.807) is 0 Å². The molecule has 0 radical (unpaired) electrons. The van der Waals surface area contributed by atoms with Gasteiger partial charge in [-0.3, -0.25) is 10.2 Å². The Hall–Kier alpha value is -0.580.